The van der Waals surface area contributed by atoms with Crippen LogP contribution in [0.4, 0.5) is 0 Å². The van der Waals surface area contributed by atoms with Gasteiger partial charge in [0.15, 0.2) is 5.22 Å². The molecule has 3 nitrogen and oxygen atoms in total. The van der Waals surface area contributed by atoms with E-state index >= 15 is 0 Å². The first-order valence-electron chi connectivity index (χ1n) is 2.91. The summed E-state index contributed by atoms with van der Waals surface area (Å²) in [5.74, 6) is 0. The minimum atomic E-state index is 0.402. The van der Waals surface area contributed by atoms with Gasteiger partial charge in [0.25, 0.3) is 0 Å². The second kappa shape index (κ2) is 2.02. The van der Waals surface area contributed by atoms with Crippen molar-refractivity contribution in [3.8, 4) is 6.01 Å². The highest BCUT2D eigenvalue weighted by atomic mass is 35.5. The Bertz CT molecular complexity index is 279. The Kier molecular flexibility index (Phi) is 1.17. The third-order valence-electron chi connectivity index (χ3n) is 1.31. The Balaban J connectivity index is 2.39. The van der Waals surface area contributed by atoms with Gasteiger partial charge in [0, 0.05) is 18.9 Å². The van der Waals surface area contributed by atoms with E-state index in [1.165, 1.54) is 0 Å². The molecule has 0 N–H and O–H groups in total. The first-order valence-corrected chi connectivity index (χ1v) is 3.29. The lowest BCUT2D eigenvalue weighted by Crippen LogP contribution is -2.06. The summed E-state index contributed by atoms with van der Waals surface area (Å²) in [7, 11) is 0. The molecule has 4 heteroatoms. The van der Waals surface area contributed by atoms with Gasteiger partial charge in [-0.2, -0.15) is 0 Å². The van der Waals surface area contributed by atoms with Crippen molar-refractivity contribution < 1.29 is 4.74 Å². The predicted octanol–water partition coefficient (Wildman–Crippen LogP) is 1.36. The van der Waals surface area contributed by atoms with Gasteiger partial charge in [-0.3, -0.25) is 4.57 Å². The maximum absolute atomic E-state index is 5.59. The zero-order valence-electron chi connectivity index (χ0n) is 5.12. The normalized spacial score (nSPS) is 15.5. The van der Waals surface area contributed by atoms with Gasteiger partial charge in [0.1, 0.15) is 0 Å². The number of ether oxygens (including phenoxy) is 1. The van der Waals surface area contributed by atoms with Crippen molar-refractivity contribution in [3.63, 3.8) is 0 Å². The molecular formula is C6H5ClN2O. The first kappa shape index (κ1) is 5.80. The molecule has 0 saturated heterocycles. The van der Waals surface area contributed by atoms with Crippen molar-refractivity contribution in [3.05, 3.63) is 23.7 Å². The molecule has 0 fully saturated rings. The van der Waals surface area contributed by atoms with Crippen molar-refractivity contribution in [2.24, 2.45) is 0 Å². The number of rotatable bonds is 0. The van der Waals surface area contributed by atoms with Crippen molar-refractivity contribution >= 4 is 11.6 Å². The number of halogens is 1. The number of fused-ring (bicyclic) bond motifs is 1. The highest BCUT2D eigenvalue weighted by Crippen LogP contribution is 2.18. The molecule has 0 aliphatic carbocycles. The molecule has 2 rings (SSSR count). The van der Waals surface area contributed by atoms with E-state index in [0.29, 0.717) is 11.2 Å². The molecule has 0 radical (unpaired) electrons. The first-order chi connectivity index (χ1) is 4.86. The summed E-state index contributed by atoms with van der Waals surface area (Å²) in [6.07, 6.45) is 5.31. The van der Waals surface area contributed by atoms with Crippen LogP contribution in [0.25, 0.3) is 0 Å². The van der Waals surface area contributed by atoms with Crippen LogP contribution in [0.1, 0.15) is 0 Å². The second-order valence-corrected chi connectivity index (χ2v) is 2.34. The topological polar surface area (TPSA) is 27.1 Å². The van der Waals surface area contributed by atoms with Crippen LogP contribution in [0.3, 0.4) is 0 Å². The van der Waals surface area contributed by atoms with Crippen molar-refractivity contribution in [1.82, 2.24) is 9.55 Å². The molecule has 1 aromatic heterocycles. The summed E-state index contributed by atoms with van der Waals surface area (Å²) in [4.78, 5) is 3.92. The molecule has 52 valence electrons. The zero-order valence-corrected chi connectivity index (χ0v) is 5.88. The number of hydrogen-bond donors (Lipinski definition) is 0. The van der Waals surface area contributed by atoms with E-state index < -0.39 is 0 Å². The summed E-state index contributed by atoms with van der Waals surface area (Å²) in [5.41, 5.74) is 0. The van der Waals surface area contributed by atoms with Crippen LogP contribution in [-0.4, -0.2) is 9.55 Å². The number of allylic oxidation sites excluding steroid dienone is 1. The summed E-state index contributed by atoms with van der Waals surface area (Å²) in [6.45, 7) is 0.744. The van der Waals surface area contributed by atoms with Crippen molar-refractivity contribution in [1.29, 1.82) is 0 Å². The molecule has 10 heavy (non-hydrogen) atoms. The Labute approximate surface area is 62.9 Å². The Morgan fingerprint density at radius 2 is 2.60 bits per heavy atom. The quantitative estimate of drug-likeness (QED) is 0.567. The highest BCUT2D eigenvalue weighted by Gasteiger charge is 2.09. The molecule has 1 aliphatic heterocycles. The summed E-state index contributed by atoms with van der Waals surface area (Å²) < 4.78 is 6.92. The number of hydrogen-bond acceptors (Lipinski definition) is 2. The highest BCUT2D eigenvalue weighted by molar-refractivity contribution is 6.28. The molecule has 0 bridgehead atoms. The van der Waals surface area contributed by atoms with E-state index in [2.05, 4.69) is 4.98 Å². The average molecular weight is 157 g/mol. The maximum Gasteiger partial charge on any atom is 0.302 e. The molecule has 2 heterocycles. The largest absolute Gasteiger partial charge is 0.413 e. The standard InChI is InChI=1S/C6H5ClN2O/c7-5-1-3-9-4-2-8-6(9)10-5/h1-2,4H,3H2. The van der Waals surface area contributed by atoms with Crippen LogP contribution in [0, 0.1) is 0 Å². The molecule has 0 aromatic carbocycles. The number of aromatic nitrogens is 2. The van der Waals surface area contributed by atoms with Gasteiger partial charge in [0.2, 0.25) is 0 Å². The fourth-order valence-electron chi connectivity index (χ4n) is 0.838. The van der Waals surface area contributed by atoms with Crippen molar-refractivity contribution in [2.45, 2.75) is 6.54 Å². The molecular weight excluding hydrogens is 152 g/mol. The minimum absolute atomic E-state index is 0.402. The Morgan fingerprint density at radius 1 is 1.70 bits per heavy atom. The minimum Gasteiger partial charge on any atom is -0.413 e. The zero-order chi connectivity index (χ0) is 6.97. The summed E-state index contributed by atoms with van der Waals surface area (Å²) >= 11 is 5.59. The van der Waals surface area contributed by atoms with Gasteiger partial charge in [-0.05, 0) is 17.7 Å². The van der Waals surface area contributed by atoms with E-state index in [9.17, 15) is 0 Å². The van der Waals surface area contributed by atoms with Gasteiger partial charge in [-0.1, -0.05) is 0 Å². The monoisotopic (exact) mass is 156 g/mol. The molecule has 0 amide bonds. The van der Waals surface area contributed by atoms with Gasteiger partial charge in [-0.25, -0.2) is 4.98 Å². The van der Waals surface area contributed by atoms with E-state index in [1.807, 2.05) is 10.8 Å². The van der Waals surface area contributed by atoms with Crippen molar-refractivity contribution in [2.75, 3.05) is 0 Å². The van der Waals surface area contributed by atoms with E-state index in [-0.39, 0.29) is 0 Å². The Morgan fingerprint density at radius 3 is 3.50 bits per heavy atom. The lowest BCUT2D eigenvalue weighted by molar-refractivity contribution is 0.381. The lowest BCUT2D eigenvalue weighted by atomic mass is 10.5. The summed E-state index contributed by atoms with van der Waals surface area (Å²) in [5, 5.41) is 0.402. The van der Waals surface area contributed by atoms with Gasteiger partial charge < -0.3 is 4.74 Å². The maximum atomic E-state index is 5.59. The molecule has 0 spiro atoms. The molecule has 0 atom stereocenters. The van der Waals surface area contributed by atoms with Gasteiger partial charge in [0.05, 0.1) is 0 Å². The van der Waals surface area contributed by atoms with Crippen LogP contribution >= 0.6 is 11.6 Å². The lowest BCUT2D eigenvalue weighted by Gasteiger charge is -2.10. The van der Waals surface area contributed by atoms with Crippen LogP contribution in [0.5, 0.6) is 6.01 Å². The number of nitrogens with zero attached hydrogens (tertiary/aromatic N) is 2. The van der Waals surface area contributed by atoms with Crippen LogP contribution < -0.4 is 4.74 Å². The summed E-state index contributed by atoms with van der Waals surface area (Å²) in [6, 6.07) is 0.563. The molecule has 1 aromatic rings. The van der Waals surface area contributed by atoms with E-state index in [1.54, 1.807) is 12.3 Å². The SMILES string of the molecule is ClC1=CCn2ccnc2O1. The number of imidazole rings is 1. The third kappa shape index (κ3) is 0.789. The Hall–Kier alpha value is -0.960. The van der Waals surface area contributed by atoms with Crippen LogP contribution in [0.15, 0.2) is 23.7 Å². The van der Waals surface area contributed by atoms with Crippen LogP contribution in [-0.2, 0) is 6.54 Å². The molecule has 0 unspecified atom stereocenters. The fraction of sp³-hybridized carbons (Fsp3) is 0.167. The van der Waals surface area contributed by atoms with Gasteiger partial charge >= 0.3 is 6.01 Å². The van der Waals surface area contributed by atoms with E-state index in [0.717, 1.165) is 6.54 Å². The average Bonchev–Trinajstić information content (AvgIpc) is 2.33. The fourth-order valence-corrected chi connectivity index (χ4v) is 0.976. The smallest absolute Gasteiger partial charge is 0.302 e. The van der Waals surface area contributed by atoms with Crippen LogP contribution in [0.2, 0.25) is 0 Å². The van der Waals surface area contributed by atoms with E-state index in [4.69, 9.17) is 16.3 Å². The van der Waals surface area contributed by atoms with Gasteiger partial charge in [-0.15, -0.1) is 0 Å². The molecule has 0 saturated carbocycles. The molecule has 1 aliphatic rings. The predicted molar refractivity (Wildman–Crippen MR) is 36.8 cm³/mol. The third-order valence-corrected chi connectivity index (χ3v) is 1.55. The second-order valence-electron chi connectivity index (χ2n) is 1.97.